The summed E-state index contributed by atoms with van der Waals surface area (Å²) >= 11 is 0. The topological polar surface area (TPSA) is 94.6 Å². The molecule has 44 heavy (non-hydrogen) atoms. The molecule has 0 spiro atoms. The molecular weight excluding hydrogens is 556 g/mol. The first-order valence-corrected chi connectivity index (χ1v) is 14.1. The molecule has 2 amide bonds. The summed E-state index contributed by atoms with van der Waals surface area (Å²) in [4.78, 5) is 32.9. The maximum atomic E-state index is 14.1. The molecule has 0 atom stereocenters. The number of hydrogen-bond acceptors (Lipinski definition) is 7. The highest BCUT2D eigenvalue weighted by Crippen LogP contribution is 2.49. The molecule has 5 aromatic carbocycles. The number of nitrogens with one attached hydrogen (secondary N) is 1. The van der Waals surface area contributed by atoms with Crippen LogP contribution in [-0.2, 0) is 0 Å². The number of aromatic hydroxyl groups is 1. The van der Waals surface area contributed by atoms with E-state index in [0.29, 0.717) is 39.3 Å². The third kappa shape index (κ3) is 5.09. The Labute approximate surface area is 255 Å². The molecule has 1 heterocycles. The van der Waals surface area contributed by atoms with Crippen LogP contribution in [0.5, 0.6) is 23.0 Å². The van der Waals surface area contributed by atoms with Crippen molar-refractivity contribution in [3.05, 3.63) is 102 Å². The monoisotopic (exact) mass is 588 g/mol. The number of ether oxygens (including phenoxy) is 2. The minimum Gasteiger partial charge on any atom is -0.506 e. The molecule has 0 aromatic heterocycles. The highest BCUT2D eigenvalue weighted by Gasteiger charge is 2.32. The highest BCUT2D eigenvalue weighted by atomic mass is 16.6. The summed E-state index contributed by atoms with van der Waals surface area (Å²) in [5.74, 6) is 0.369. The number of rotatable bonds is 5. The standard InChI is InChI=1S/C35H32N4O5/c1-21-10-6-9-13-27(21)36-34(41)26-20-30(24-11-7-8-12-25(24)33(26)40)44-35(42)39-28-16-14-22(37(2)3)18-31(28)43-32-19-23(38(4)5)15-17-29(32)39/h6-20,40H,1-5H3,(H,36,41). The molecule has 0 saturated carbocycles. The Morgan fingerprint density at radius 3 is 1.93 bits per heavy atom. The van der Waals surface area contributed by atoms with Gasteiger partial charge in [0.05, 0.1) is 16.9 Å². The molecule has 0 bridgehead atoms. The molecule has 9 heteroatoms. The molecule has 9 nitrogen and oxygen atoms in total. The number of amides is 2. The van der Waals surface area contributed by atoms with Gasteiger partial charge in [-0.3, -0.25) is 4.79 Å². The van der Waals surface area contributed by atoms with E-state index in [0.717, 1.165) is 16.9 Å². The van der Waals surface area contributed by atoms with Gasteiger partial charge in [0.25, 0.3) is 5.91 Å². The number of anilines is 5. The van der Waals surface area contributed by atoms with Crippen LogP contribution in [0.4, 0.5) is 33.2 Å². The number of carbonyl (C=O) groups is 2. The van der Waals surface area contributed by atoms with Crippen LogP contribution < -0.4 is 29.5 Å². The number of aryl methyl sites for hydroxylation is 1. The molecule has 222 valence electrons. The lowest BCUT2D eigenvalue weighted by atomic mass is 10.0. The summed E-state index contributed by atoms with van der Waals surface area (Å²) in [6.07, 6.45) is -0.702. The Bertz CT molecular complexity index is 1880. The van der Waals surface area contributed by atoms with E-state index in [-0.39, 0.29) is 17.1 Å². The zero-order chi connectivity index (χ0) is 31.1. The summed E-state index contributed by atoms with van der Waals surface area (Å²) in [6, 6.07) is 26.8. The van der Waals surface area contributed by atoms with E-state index in [2.05, 4.69) is 5.32 Å². The van der Waals surface area contributed by atoms with E-state index in [1.54, 1.807) is 30.3 Å². The molecule has 2 N–H and O–H groups in total. The van der Waals surface area contributed by atoms with Crippen LogP contribution in [0.1, 0.15) is 15.9 Å². The van der Waals surface area contributed by atoms with E-state index in [9.17, 15) is 14.7 Å². The molecular formula is C35H32N4O5. The summed E-state index contributed by atoms with van der Waals surface area (Å²) in [7, 11) is 7.71. The van der Waals surface area contributed by atoms with Crippen molar-refractivity contribution in [2.75, 3.05) is 48.2 Å². The first-order valence-electron chi connectivity index (χ1n) is 14.1. The Morgan fingerprint density at radius 1 is 0.773 bits per heavy atom. The molecule has 0 fully saturated rings. The van der Waals surface area contributed by atoms with Crippen molar-refractivity contribution in [1.29, 1.82) is 0 Å². The van der Waals surface area contributed by atoms with Crippen LogP contribution in [0.2, 0.25) is 0 Å². The zero-order valence-electron chi connectivity index (χ0n) is 25.1. The van der Waals surface area contributed by atoms with Crippen molar-refractivity contribution in [2.45, 2.75) is 6.92 Å². The van der Waals surface area contributed by atoms with Gasteiger partial charge in [0.1, 0.15) is 11.5 Å². The third-order valence-electron chi connectivity index (χ3n) is 7.62. The SMILES string of the molecule is Cc1ccccc1NC(=O)c1cc(OC(=O)N2c3ccc(N(C)C)cc3Oc3cc(N(C)C)ccc32)c2ccccc2c1O. The lowest BCUT2D eigenvalue weighted by Crippen LogP contribution is -2.31. The van der Waals surface area contributed by atoms with Gasteiger partial charge in [-0.05, 0) is 48.9 Å². The predicted octanol–water partition coefficient (Wildman–Crippen LogP) is 7.68. The van der Waals surface area contributed by atoms with E-state index in [4.69, 9.17) is 9.47 Å². The number of hydrogen-bond donors (Lipinski definition) is 2. The average Bonchev–Trinajstić information content (AvgIpc) is 3.01. The average molecular weight is 589 g/mol. The van der Waals surface area contributed by atoms with Crippen molar-refractivity contribution in [3.8, 4) is 23.0 Å². The molecule has 1 aliphatic heterocycles. The molecule has 0 unspecified atom stereocenters. The molecule has 0 saturated heterocycles. The van der Waals surface area contributed by atoms with Crippen LogP contribution in [0.25, 0.3) is 10.8 Å². The van der Waals surface area contributed by atoms with Crippen molar-refractivity contribution < 1.29 is 24.2 Å². The van der Waals surface area contributed by atoms with Gasteiger partial charge in [0, 0.05) is 68.2 Å². The second-order valence-corrected chi connectivity index (χ2v) is 11.0. The minimum atomic E-state index is -0.702. The Kier molecular flexibility index (Phi) is 7.22. The molecule has 0 aliphatic carbocycles. The van der Waals surface area contributed by atoms with Crippen LogP contribution >= 0.6 is 0 Å². The van der Waals surface area contributed by atoms with Crippen LogP contribution in [0.15, 0.2) is 91.0 Å². The number of phenols is 1. The molecule has 1 aliphatic rings. The van der Waals surface area contributed by atoms with E-state index >= 15 is 0 Å². The van der Waals surface area contributed by atoms with Crippen LogP contribution in [0, 0.1) is 6.92 Å². The predicted molar refractivity (Wildman–Crippen MR) is 175 cm³/mol. The van der Waals surface area contributed by atoms with Crippen molar-refractivity contribution in [1.82, 2.24) is 0 Å². The molecule has 6 rings (SSSR count). The smallest absolute Gasteiger partial charge is 0.424 e. The van der Waals surface area contributed by atoms with Crippen LogP contribution in [-0.4, -0.2) is 45.3 Å². The minimum absolute atomic E-state index is 0.0243. The first kappa shape index (κ1) is 28.4. The van der Waals surface area contributed by atoms with Gasteiger partial charge in [0.2, 0.25) is 0 Å². The Morgan fingerprint density at radius 2 is 1.34 bits per heavy atom. The number of benzene rings is 5. The second-order valence-electron chi connectivity index (χ2n) is 11.0. The van der Waals surface area contributed by atoms with Gasteiger partial charge in [-0.1, -0.05) is 42.5 Å². The van der Waals surface area contributed by atoms with E-state index < -0.39 is 12.0 Å². The van der Waals surface area contributed by atoms with Gasteiger partial charge in [-0.2, -0.15) is 0 Å². The van der Waals surface area contributed by atoms with Crippen molar-refractivity contribution in [2.24, 2.45) is 0 Å². The normalized spacial score (nSPS) is 11.7. The third-order valence-corrected chi connectivity index (χ3v) is 7.62. The summed E-state index contributed by atoms with van der Waals surface area (Å²) < 4.78 is 12.4. The number of para-hydroxylation sites is 1. The summed E-state index contributed by atoms with van der Waals surface area (Å²) in [5.41, 5.74) is 4.27. The zero-order valence-corrected chi connectivity index (χ0v) is 25.1. The number of fused-ring (bicyclic) bond motifs is 3. The highest BCUT2D eigenvalue weighted by molar-refractivity contribution is 6.12. The summed E-state index contributed by atoms with van der Waals surface area (Å²) in [6.45, 7) is 1.88. The van der Waals surface area contributed by atoms with Crippen LogP contribution in [0.3, 0.4) is 0 Å². The lowest BCUT2D eigenvalue weighted by molar-refractivity contribution is 0.102. The second kappa shape index (κ2) is 11.2. The quantitative estimate of drug-likeness (QED) is 0.217. The maximum Gasteiger partial charge on any atom is 0.424 e. The molecule has 5 aromatic rings. The number of carbonyl (C=O) groups excluding carboxylic acids is 2. The lowest BCUT2D eigenvalue weighted by Gasteiger charge is -2.32. The van der Waals surface area contributed by atoms with E-state index in [1.165, 1.54) is 11.0 Å². The Hall–Kier alpha value is -5.70. The van der Waals surface area contributed by atoms with Gasteiger partial charge < -0.3 is 29.7 Å². The Balaban J connectivity index is 1.43. The van der Waals surface area contributed by atoms with Crippen molar-refractivity contribution in [3.63, 3.8) is 0 Å². The number of phenolic OH excluding ortho intramolecular Hbond substituents is 1. The summed E-state index contributed by atoms with van der Waals surface area (Å²) in [5, 5.41) is 14.9. The fourth-order valence-electron chi connectivity index (χ4n) is 5.17. The van der Waals surface area contributed by atoms with E-state index in [1.807, 2.05) is 99.5 Å². The number of nitrogens with zero attached hydrogens (tertiary/aromatic N) is 3. The van der Waals surface area contributed by atoms with Gasteiger partial charge in [0.15, 0.2) is 11.5 Å². The van der Waals surface area contributed by atoms with Gasteiger partial charge >= 0.3 is 6.09 Å². The van der Waals surface area contributed by atoms with Crippen molar-refractivity contribution >= 4 is 51.2 Å². The molecule has 0 radical (unpaired) electrons. The fourth-order valence-corrected chi connectivity index (χ4v) is 5.17. The largest absolute Gasteiger partial charge is 0.506 e. The maximum absolute atomic E-state index is 14.1. The van der Waals surface area contributed by atoms with Gasteiger partial charge in [-0.25, -0.2) is 9.69 Å². The first-order chi connectivity index (χ1) is 21.1. The fraction of sp³-hybridized carbons (Fsp3) is 0.143. The van der Waals surface area contributed by atoms with Gasteiger partial charge in [-0.15, -0.1) is 0 Å².